The molecular weight excluding hydrogens is 533 g/mol. The number of nitrogens with two attached hydrogens (primary N) is 1. The molecule has 0 radical (unpaired) electrons. The summed E-state index contributed by atoms with van der Waals surface area (Å²) in [6, 6.07) is 14.8. The van der Waals surface area contributed by atoms with Gasteiger partial charge in [-0.15, -0.1) is 24.2 Å². The van der Waals surface area contributed by atoms with E-state index < -0.39 is 5.82 Å². The van der Waals surface area contributed by atoms with Gasteiger partial charge >= 0.3 is 0 Å². The molecule has 0 spiro atoms. The van der Waals surface area contributed by atoms with E-state index in [4.69, 9.17) is 16.3 Å². The molecule has 1 aliphatic rings. The van der Waals surface area contributed by atoms with Crippen molar-refractivity contribution in [2.45, 2.75) is 44.7 Å². The third-order valence-corrected chi connectivity index (χ3v) is 8.33. The zero-order valence-electron chi connectivity index (χ0n) is 22.2. The smallest absolute Gasteiger partial charge is 0.266 e. The lowest BCUT2D eigenvalue weighted by Gasteiger charge is -2.34. The van der Waals surface area contributed by atoms with Gasteiger partial charge in [0.25, 0.3) is 5.91 Å². The zero-order chi connectivity index (χ0) is 28.4. The maximum Gasteiger partial charge on any atom is 0.266 e. The third-order valence-electron chi connectivity index (χ3n) is 6.69. The van der Waals surface area contributed by atoms with E-state index in [9.17, 15) is 9.18 Å². The summed E-state index contributed by atoms with van der Waals surface area (Å²) in [5.41, 5.74) is 7.41. The number of benzene rings is 2. The van der Waals surface area contributed by atoms with E-state index in [1.807, 2.05) is 35.4 Å². The van der Waals surface area contributed by atoms with Gasteiger partial charge in [-0.2, -0.15) is 0 Å². The number of fused-ring (bicyclic) bond motifs is 1. The first kappa shape index (κ1) is 30.1. The van der Waals surface area contributed by atoms with Gasteiger partial charge in [-0.25, -0.2) is 4.39 Å². The molecule has 2 aromatic carbocycles. The lowest BCUT2D eigenvalue weighted by Crippen LogP contribution is -2.40. The van der Waals surface area contributed by atoms with Crippen molar-refractivity contribution in [1.82, 2.24) is 9.88 Å². The van der Waals surface area contributed by atoms with Crippen molar-refractivity contribution in [1.29, 1.82) is 0 Å². The minimum atomic E-state index is -0.405. The molecular formula is C31H33ClFN3O2S. The second kappa shape index (κ2) is 14.6. The van der Waals surface area contributed by atoms with E-state index in [0.29, 0.717) is 21.5 Å². The molecule has 0 atom stereocenters. The Bertz CT molecular complexity index is 1400. The number of hydrogen-bond donors (Lipinski definition) is 1. The molecule has 1 fully saturated rings. The molecule has 0 aliphatic heterocycles. The number of rotatable bonds is 6. The maximum absolute atomic E-state index is 14.5. The lowest BCUT2D eigenvalue weighted by atomic mass is 9.93. The number of pyridine rings is 1. The highest BCUT2D eigenvalue weighted by Gasteiger charge is 2.31. The third kappa shape index (κ3) is 6.77. The normalized spacial score (nSPS) is 13.0. The van der Waals surface area contributed by atoms with E-state index in [2.05, 4.69) is 29.6 Å². The molecule has 5 nitrogen and oxygen atoms in total. The van der Waals surface area contributed by atoms with Gasteiger partial charge in [-0.1, -0.05) is 49.1 Å². The van der Waals surface area contributed by atoms with Crippen molar-refractivity contribution in [2.75, 3.05) is 14.2 Å². The fourth-order valence-electron chi connectivity index (χ4n) is 4.90. The van der Waals surface area contributed by atoms with Gasteiger partial charge in [0.2, 0.25) is 0 Å². The quantitative estimate of drug-likeness (QED) is 0.245. The van der Waals surface area contributed by atoms with Crippen LogP contribution in [0.1, 0.15) is 47.3 Å². The minimum absolute atomic E-state index is 0.0918. The highest BCUT2D eigenvalue weighted by Crippen LogP contribution is 2.39. The molecule has 0 unspecified atom stereocenters. The van der Waals surface area contributed by atoms with Crippen LogP contribution in [0.3, 0.4) is 0 Å². The number of carbonyl (C=O) groups excluding carboxylic acids is 1. The van der Waals surface area contributed by atoms with Gasteiger partial charge in [0.15, 0.2) is 0 Å². The molecule has 1 aliphatic carbocycles. The molecule has 2 aromatic heterocycles. The highest BCUT2D eigenvalue weighted by atomic mass is 35.5. The predicted octanol–water partition coefficient (Wildman–Crippen LogP) is 7.56. The van der Waals surface area contributed by atoms with Crippen LogP contribution in [0.4, 0.5) is 4.39 Å². The molecule has 39 heavy (non-hydrogen) atoms. The Labute approximate surface area is 238 Å². The number of nitrogens with zero attached hydrogens (tertiary/aromatic N) is 2. The first-order valence-corrected chi connectivity index (χ1v) is 13.9. The Kier molecular flexibility index (Phi) is 11.3. The number of hydrogen-bond acceptors (Lipinski definition) is 5. The summed E-state index contributed by atoms with van der Waals surface area (Å²) in [5.74, 6) is 0.161. The Morgan fingerprint density at radius 2 is 1.87 bits per heavy atom. The minimum Gasteiger partial charge on any atom is -0.496 e. The summed E-state index contributed by atoms with van der Waals surface area (Å²) in [5, 5.41) is 0.521. The molecule has 1 saturated carbocycles. The van der Waals surface area contributed by atoms with Gasteiger partial charge in [-0.3, -0.25) is 9.78 Å². The number of aromatic nitrogens is 1. The largest absolute Gasteiger partial charge is 0.496 e. The Balaban J connectivity index is 0.00000100. The fraction of sp³-hybridized carbons (Fsp3) is 0.290. The highest BCUT2D eigenvalue weighted by molar-refractivity contribution is 7.21. The second-order valence-electron chi connectivity index (χ2n) is 8.85. The first-order valence-electron chi connectivity index (χ1n) is 12.7. The van der Waals surface area contributed by atoms with E-state index in [1.54, 1.807) is 25.4 Å². The van der Waals surface area contributed by atoms with Crippen molar-refractivity contribution in [3.8, 4) is 29.7 Å². The Morgan fingerprint density at radius 3 is 2.51 bits per heavy atom. The summed E-state index contributed by atoms with van der Waals surface area (Å²) >= 11 is 7.85. The van der Waals surface area contributed by atoms with E-state index in [0.717, 1.165) is 48.1 Å². The molecule has 0 saturated heterocycles. The van der Waals surface area contributed by atoms with Crippen molar-refractivity contribution in [3.05, 3.63) is 82.2 Å². The number of terminal acetylenes is 1. The predicted molar refractivity (Wildman–Crippen MR) is 160 cm³/mol. The van der Waals surface area contributed by atoms with Crippen molar-refractivity contribution >= 4 is 38.9 Å². The van der Waals surface area contributed by atoms with Gasteiger partial charge in [0.05, 0.1) is 12.1 Å². The molecule has 4 aromatic rings. The SMILES string of the molecule is C#C.CN.COc1ccc(-c2cccnc2)cc1CN(C(=O)c1sc2cccc(F)c2c1Cl)C1CCCCC1. The van der Waals surface area contributed by atoms with Crippen LogP contribution < -0.4 is 10.5 Å². The number of ether oxygens (including phenoxy) is 1. The average molecular weight is 566 g/mol. The molecule has 8 heteroatoms. The van der Waals surface area contributed by atoms with Gasteiger partial charge in [-0.05, 0) is 55.8 Å². The van der Waals surface area contributed by atoms with Crippen LogP contribution in [0.5, 0.6) is 5.75 Å². The van der Waals surface area contributed by atoms with Gasteiger partial charge in [0, 0.05) is 46.2 Å². The summed E-state index contributed by atoms with van der Waals surface area (Å²) in [6.07, 6.45) is 16.8. The summed E-state index contributed by atoms with van der Waals surface area (Å²) < 4.78 is 20.9. The molecule has 0 bridgehead atoms. The van der Waals surface area contributed by atoms with Crippen LogP contribution in [-0.4, -0.2) is 36.0 Å². The van der Waals surface area contributed by atoms with Crippen LogP contribution in [0.2, 0.25) is 5.02 Å². The topological polar surface area (TPSA) is 68.5 Å². The standard InChI is InChI=1S/C28H26ClFN2O2S.C2H2.CH5N/c1-34-23-13-12-18(19-7-6-14-31-16-19)15-20(23)17-32(21-8-3-2-4-9-21)28(33)27-26(29)25-22(30)10-5-11-24(25)35-27;2*1-2/h5-7,10-16,21H,2-4,8-9,17H2,1H3;1-2H;2H2,1H3. The Morgan fingerprint density at radius 1 is 1.13 bits per heavy atom. The summed E-state index contributed by atoms with van der Waals surface area (Å²) in [4.78, 5) is 20.5. The van der Waals surface area contributed by atoms with Crippen LogP contribution >= 0.6 is 22.9 Å². The van der Waals surface area contributed by atoms with Crippen molar-refractivity contribution in [3.63, 3.8) is 0 Å². The Hall–Kier alpha value is -3.44. The van der Waals surface area contributed by atoms with E-state index >= 15 is 0 Å². The molecule has 2 heterocycles. The first-order chi connectivity index (χ1) is 19.1. The molecule has 204 valence electrons. The van der Waals surface area contributed by atoms with Crippen LogP contribution in [-0.2, 0) is 6.54 Å². The number of thiophene rings is 1. The van der Waals surface area contributed by atoms with Crippen LogP contribution in [0.15, 0.2) is 60.9 Å². The monoisotopic (exact) mass is 565 g/mol. The number of halogens is 2. The van der Waals surface area contributed by atoms with Crippen LogP contribution in [0, 0.1) is 18.7 Å². The van der Waals surface area contributed by atoms with Crippen molar-refractivity contribution in [2.24, 2.45) is 5.73 Å². The summed E-state index contributed by atoms with van der Waals surface area (Å²) in [7, 11) is 3.14. The van der Waals surface area contributed by atoms with E-state index in [1.165, 1.54) is 30.9 Å². The molecule has 1 amide bonds. The number of carbonyl (C=O) groups is 1. The second-order valence-corrected chi connectivity index (χ2v) is 10.3. The van der Waals surface area contributed by atoms with Crippen molar-refractivity contribution < 1.29 is 13.9 Å². The fourth-order valence-corrected chi connectivity index (χ4v) is 6.41. The van der Waals surface area contributed by atoms with Gasteiger partial charge < -0.3 is 15.4 Å². The molecule has 5 rings (SSSR count). The van der Waals surface area contributed by atoms with E-state index in [-0.39, 0.29) is 17.0 Å². The number of methoxy groups -OCH3 is 1. The lowest BCUT2D eigenvalue weighted by molar-refractivity contribution is 0.0618. The zero-order valence-corrected chi connectivity index (χ0v) is 23.8. The summed E-state index contributed by atoms with van der Waals surface area (Å²) in [6.45, 7) is 0.383. The van der Waals surface area contributed by atoms with Crippen LogP contribution in [0.25, 0.3) is 21.2 Å². The van der Waals surface area contributed by atoms with Gasteiger partial charge in [0.1, 0.15) is 16.4 Å². The number of amides is 1. The maximum atomic E-state index is 14.5. The molecule has 2 N–H and O–H groups in total. The average Bonchev–Trinajstić information content (AvgIpc) is 3.35.